The topological polar surface area (TPSA) is 41.9 Å². The molecule has 1 aliphatic carbocycles. The number of hydrogen-bond donors (Lipinski definition) is 0. The molecule has 0 bridgehead atoms. The molecule has 4 heteroatoms. The first-order chi connectivity index (χ1) is 8.81. The van der Waals surface area contributed by atoms with Gasteiger partial charge in [0.25, 0.3) is 5.91 Å². The molecule has 1 aromatic carbocycles. The molecule has 0 radical (unpaired) electrons. The van der Waals surface area contributed by atoms with Crippen molar-refractivity contribution in [2.75, 3.05) is 12.1 Å². The highest BCUT2D eigenvalue weighted by atomic mass is 16.5. The smallest absolute Gasteiger partial charge is 0.256 e. The van der Waals surface area contributed by atoms with E-state index >= 15 is 0 Å². The van der Waals surface area contributed by atoms with Gasteiger partial charge in [-0.25, -0.2) is 0 Å². The number of para-hydroxylation sites is 2. The third-order valence-electron chi connectivity index (χ3n) is 3.63. The van der Waals surface area contributed by atoms with Gasteiger partial charge in [-0.15, -0.1) is 0 Å². The Morgan fingerprint density at radius 2 is 2.17 bits per heavy atom. The number of hydrazone groups is 1. The molecule has 0 spiro atoms. The van der Waals surface area contributed by atoms with Crippen LogP contribution < -0.4 is 9.75 Å². The van der Waals surface area contributed by atoms with E-state index < -0.39 is 0 Å². The second-order valence-electron chi connectivity index (χ2n) is 4.71. The van der Waals surface area contributed by atoms with Crippen molar-refractivity contribution >= 4 is 17.3 Å². The highest BCUT2D eigenvalue weighted by molar-refractivity contribution is 6.16. The number of benzene rings is 1. The highest BCUT2D eigenvalue weighted by Crippen LogP contribution is 2.36. The first-order valence-corrected chi connectivity index (χ1v) is 6.35. The number of methoxy groups -OCH3 is 1. The summed E-state index contributed by atoms with van der Waals surface area (Å²) < 4.78 is 5.30. The Morgan fingerprint density at radius 3 is 2.94 bits per heavy atom. The first-order valence-electron chi connectivity index (χ1n) is 6.35. The number of amides is 1. The first kappa shape index (κ1) is 11.3. The maximum atomic E-state index is 12.4. The summed E-state index contributed by atoms with van der Waals surface area (Å²) in [6.07, 6.45) is 4.14. The number of anilines is 1. The van der Waals surface area contributed by atoms with Crippen LogP contribution in [0.4, 0.5) is 5.69 Å². The second kappa shape index (κ2) is 4.44. The van der Waals surface area contributed by atoms with E-state index in [9.17, 15) is 4.79 Å². The third-order valence-corrected chi connectivity index (χ3v) is 3.63. The molecule has 4 nitrogen and oxygen atoms in total. The lowest BCUT2D eigenvalue weighted by atomic mass is 9.87. The van der Waals surface area contributed by atoms with Crippen molar-refractivity contribution in [3.8, 4) is 5.75 Å². The van der Waals surface area contributed by atoms with Crippen LogP contribution >= 0.6 is 0 Å². The number of ether oxygens (including phenoxy) is 1. The summed E-state index contributed by atoms with van der Waals surface area (Å²) in [5, 5.41) is 6.01. The van der Waals surface area contributed by atoms with Gasteiger partial charge in [-0.1, -0.05) is 18.6 Å². The molecule has 18 heavy (non-hydrogen) atoms. The number of carbonyl (C=O) groups is 1. The van der Waals surface area contributed by atoms with E-state index in [4.69, 9.17) is 4.74 Å². The zero-order chi connectivity index (χ0) is 12.5. The van der Waals surface area contributed by atoms with E-state index in [1.807, 2.05) is 24.3 Å². The summed E-state index contributed by atoms with van der Waals surface area (Å²) in [4.78, 5) is 12.4. The maximum absolute atomic E-state index is 12.4. The Bertz CT molecular complexity index is 510. The Balaban J connectivity index is 1.98. The zero-order valence-corrected chi connectivity index (χ0v) is 10.4. The predicted molar refractivity (Wildman–Crippen MR) is 69.9 cm³/mol. The minimum atomic E-state index is 0.00339. The number of rotatable bonds is 2. The van der Waals surface area contributed by atoms with Crippen molar-refractivity contribution in [1.82, 2.24) is 0 Å². The van der Waals surface area contributed by atoms with Crippen LogP contribution in [0.3, 0.4) is 0 Å². The number of hydrogen-bond acceptors (Lipinski definition) is 3. The lowest BCUT2D eigenvalue weighted by Gasteiger charge is -2.18. The number of nitrogens with zero attached hydrogens (tertiary/aromatic N) is 2. The van der Waals surface area contributed by atoms with Crippen molar-refractivity contribution in [2.45, 2.75) is 25.7 Å². The largest absolute Gasteiger partial charge is 0.494 e. The predicted octanol–water partition coefficient (Wildman–Crippen LogP) is 2.59. The van der Waals surface area contributed by atoms with Crippen molar-refractivity contribution in [2.24, 2.45) is 11.0 Å². The van der Waals surface area contributed by atoms with Gasteiger partial charge >= 0.3 is 0 Å². The average molecular weight is 244 g/mol. The summed E-state index contributed by atoms with van der Waals surface area (Å²) in [6, 6.07) is 7.51. The molecule has 3 rings (SSSR count). The molecule has 1 heterocycles. The van der Waals surface area contributed by atoms with E-state index in [2.05, 4.69) is 5.10 Å². The second-order valence-corrected chi connectivity index (χ2v) is 4.71. The number of fused-ring (bicyclic) bond motifs is 1. The average Bonchev–Trinajstić information content (AvgIpc) is 2.76. The minimum absolute atomic E-state index is 0.00339. The third kappa shape index (κ3) is 1.68. The van der Waals surface area contributed by atoms with Crippen LogP contribution in [0.2, 0.25) is 0 Å². The van der Waals surface area contributed by atoms with Gasteiger partial charge in [0.15, 0.2) is 0 Å². The lowest BCUT2D eigenvalue weighted by Crippen LogP contribution is -2.29. The summed E-state index contributed by atoms with van der Waals surface area (Å²) in [5.74, 6) is 0.784. The number of carbonyl (C=O) groups excluding carboxylic acids is 1. The maximum Gasteiger partial charge on any atom is 0.256 e. The van der Waals surface area contributed by atoms with Crippen molar-refractivity contribution in [1.29, 1.82) is 0 Å². The van der Waals surface area contributed by atoms with Gasteiger partial charge in [0.2, 0.25) is 0 Å². The van der Waals surface area contributed by atoms with Crippen LogP contribution in [-0.4, -0.2) is 18.7 Å². The van der Waals surface area contributed by atoms with Crippen molar-refractivity contribution < 1.29 is 9.53 Å². The van der Waals surface area contributed by atoms with E-state index in [1.165, 1.54) is 5.01 Å². The van der Waals surface area contributed by atoms with E-state index in [-0.39, 0.29) is 11.8 Å². The molecule has 1 aliphatic heterocycles. The fourth-order valence-electron chi connectivity index (χ4n) is 2.68. The Labute approximate surface area is 106 Å². The summed E-state index contributed by atoms with van der Waals surface area (Å²) in [5.41, 5.74) is 1.78. The van der Waals surface area contributed by atoms with Gasteiger partial charge < -0.3 is 4.74 Å². The Hall–Kier alpha value is -1.84. The quantitative estimate of drug-likeness (QED) is 0.802. The van der Waals surface area contributed by atoms with Gasteiger partial charge in [0.1, 0.15) is 11.4 Å². The van der Waals surface area contributed by atoms with Gasteiger partial charge in [-0.2, -0.15) is 10.1 Å². The van der Waals surface area contributed by atoms with Crippen LogP contribution in [0.25, 0.3) is 0 Å². The SMILES string of the molecule is COc1ccccc1N1N=C2CCCCC2C1=O. The summed E-state index contributed by atoms with van der Waals surface area (Å²) in [7, 11) is 1.61. The fourth-order valence-corrected chi connectivity index (χ4v) is 2.68. The van der Waals surface area contributed by atoms with E-state index in [0.29, 0.717) is 5.75 Å². The molecule has 0 saturated heterocycles. The van der Waals surface area contributed by atoms with E-state index in [0.717, 1.165) is 37.1 Å². The van der Waals surface area contributed by atoms with Gasteiger partial charge in [-0.05, 0) is 31.4 Å². The van der Waals surface area contributed by atoms with Crippen LogP contribution in [0.1, 0.15) is 25.7 Å². The molecule has 2 aliphatic rings. The molecule has 1 saturated carbocycles. The normalized spacial score (nSPS) is 22.7. The molecule has 1 amide bonds. The van der Waals surface area contributed by atoms with Crippen molar-refractivity contribution in [3.63, 3.8) is 0 Å². The Morgan fingerprint density at radius 1 is 1.33 bits per heavy atom. The molecule has 0 N–H and O–H groups in total. The highest BCUT2D eigenvalue weighted by Gasteiger charge is 2.38. The molecule has 1 aromatic rings. The molecule has 0 aromatic heterocycles. The van der Waals surface area contributed by atoms with Gasteiger partial charge in [0, 0.05) is 0 Å². The van der Waals surface area contributed by atoms with Crippen LogP contribution in [0, 0.1) is 5.92 Å². The molecule has 1 fully saturated rings. The van der Waals surface area contributed by atoms with Crippen LogP contribution in [0.5, 0.6) is 5.75 Å². The van der Waals surface area contributed by atoms with E-state index in [1.54, 1.807) is 7.11 Å². The minimum Gasteiger partial charge on any atom is -0.494 e. The Kier molecular flexibility index (Phi) is 2.78. The van der Waals surface area contributed by atoms with Gasteiger partial charge in [-0.3, -0.25) is 4.79 Å². The van der Waals surface area contributed by atoms with Crippen LogP contribution in [-0.2, 0) is 4.79 Å². The molecule has 94 valence electrons. The van der Waals surface area contributed by atoms with Crippen LogP contribution in [0.15, 0.2) is 29.4 Å². The zero-order valence-electron chi connectivity index (χ0n) is 10.4. The monoisotopic (exact) mass is 244 g/mol. The molecular weight excluding hydrogens is 228 g/mol. The lowest BCUT2D eigenvalue weighted by molar-refractivity contribution is -0.120. The fraction of sp³-hybridized carbons (Fsp3) is 0.429. The van der Waals surface area contributed by atoms with Gasteiger partial charge in [0.05, 0.1) is 18.7 Å². The standard InChI is InChI=1S/C14H16N2O2/c1-18-13-9-5-4-8-12(13)16-14(17)10-6-2-3-7-11(10)15-16/h4-5,8-10H,2-3,6-7H2,1H3. The molecular formula is C14H16N2O2. The summed E-state index contributed by atoms with van der Waals surface area (Å²) >= 11 is 0. The molecule has 1 unspecified atom stereocenters. The summed E-state index contributed by atoms with van der Waals surface area (Å²) in [6.45, 7) is 0. The molecule has 1 atom stereocenters. The van der Waals surface area contributed by atoms with Crippen molar-refractivity contribution in [3.05, 3.63) is 24.3 Å².